The number of nitrogens with zero attached hydrogens (tertiary/aromatic N) is 3. The number of hydrogen-bond donors (Lipinski definition) is 3. The number of hydrogen-bond acceptors (Lipinski definition) is 5. The van der Waals surface area contributed by atoms with Gasteiger partial charge in [-0.15, -0.1) is 5.10 Å². The zero-order valence-electron chi connectivity index (χ0n) is 10.1. The van der Waals surface area contributed by atoms with Gasteiger partial charge in [-0.3, -0.25) is 0 Å². The Morgan fingerprint density at radius 2 is 2.44 bits per heavy atom. The van der Waals surface area contributed by atoms with E-state index >= 15 is 0 Å². The minimum Gasteiger partial charge on any atom is -0.475 e. The molecule has 18 heavy (non-hydrogen) atoms. The molecule has 0 fully saturated rings. The lowest BCUT2D eigenvalue weighted by Crippen LogP contribution is -2.16. The van der Waals surface area contributed by atoms with Gasteiger partial charge in [0.05, 0.1) is 5.92 Å². The minimum absolute atomic E-state index is 0.0306. The molecule has 96 valence electrons. The molecule has 0 spiro atoms. The summed E-state index contributed by atoms with van der Waals surface area (Å²) < 4.78 is 1.65. The van der Waals surface area contributed by atoms with Gasteiger partial charge in [0.1, 0.15) is 5.82 Å². The fourth-order valence-corrected chi connectivity index (χ4v) is 2.04. The van der Waals surface area contributed by atoms with Gasteiger partial charge in [-0.1, -0.05) is 6.58 Å². The molecule has 2 rings (SSSR count). The van der Waals surface area contributed by atoms with Crippen LogP contribution in [0.4, 0.5) is 0 Å². The van der Waals surface area contributed by atoms with Gasteiger partial charge in [0.25, 0.3) is 5.82 Å². The van der Waals surface area contributed by atoms with Crippen LogP contribution in [0, 0.1) is 0 Å². The molecule has 0 bridgehead atoms. The van der Waals surface area contributed by atoms with Crippen LogP contribution in [-0.4, -0.2) is 32.9 Å². The summed E-state index contributed by atoms with van der Waals surface area (Å²) in [5.41, 5.74) is 0.929. The van der Waals surface area contributed by atoms with Crippen molar-refractivity contribution in [2.45, 2.75) is 18.9 Å². The summed E-state index contributed by atoms with van der Waals surface area (Å²) in [5.74, 6) is -0.543. The summed E-state index contributed by atoms with van der Waals surface area (Å²) in [5, 5.41) is 18.8. The van der Waals surface area contributed by atoms with Gasteiger partial charge < -0.3 is 15.7 Å². The monoisotopic (exact) mass is 249 g/mol. The number of rotatable bonds is 5. The molecule has 1 aromatic heterocycles. The molecule has 0 aromatic carbocycles. The summed E-state index contributed by atoms with van der Waals surface area (Å²) in [6.07, 6.45) is 4.21. The summed E-state index contributed by atoms with van der Waals surface area (Å²) in [6.45, 7) is 4.24. The quantitative estimate of drug-likeness (QED) is 0.693. The lowest BCUT2D eigenvalue weighted by Gasteiger charge is -2.12. The Hall–Kier alpha value is -2.31. The van der Waals surface area contributed by atoms with Crippen molar-refractivity contribution in [2.75, 3.05) is 7.05 Å². The predicted octanol–water partition coefficient (Wildman–Crippen LogP) is 0.257. The Labute approximate surface area is 104 Å². The van der Waals surface area contributed by atoms with Crippen molar-refractivity contribution in [3.05, 3.63) is 36.3 Å². The van der Waals surface area contributed by atoms with E-state index in [-0.39, 0.29) is 11.7 Å². The van der Waals surface area contributed by atoms with Crippen LogP contribution in [0.3, 0.4) is 0 Å². The second kappa shape index (κ2) is 4.91. The molecule has 7 nitrogen and oxygen atoms in total. The highest BCUT2D eigenvalue weighted by Crippen LogP contribution is 2.30. The molecular formula is C11H15N5O2. The van der Waals surface area contributed by atoms with Crippen molar-refractivity contribution < 1.29 is 9.90 Å². The number of likely N-dealkylation sites (N-methyl/N-ethyl adjacent to an activating group) is 1. The van der Waals surface area contributed by atoms with E-state index in [1.54, 1.807) is 17.1 Å². The first-order valence-corrected chi connectivity index (χ1v) is 5.60. The Balaban J connectivity index is 2.29. The van der Waals surface area contributed by atoms with Gasteiger partial charge >= 0.3 is 5.97 Å². The Morgan fingerprint density at radius 1 is 1.67 bits per heavy atom. The highest BCUT2D eigenvalue weighted by Gasteiger charge is 2.30. The molecule has 3 N–H and O–H groups in total. The molecule has 1 aliphatic heterocycles. The second-order valence-electron chi connectivity index (χ2n) is 3.88. The first-order chi connectivity index (χ1) is 8.67. The maximum atomic E-state index is 10.8. The zero-order valence-corrected chi connectivity index (χ0v) is 10.1. The third-order valence-electron chi connectivity index (χ3n) is 2.85. The summed E-state index contributed by atoms with van der Waals surface area (Å²) in [6, 6.07) is 0. The van der Waals surface area contributed by atoms with E-state index in [0.717, 1.165) is 12.1 Å². The summed E-state index contributed by atoms with van der Waals surface area (Å²) in [7, 11) is 1.81. The Bertz CT molecular complexity index is 506. The number of nitrogens with one attached hydrogen (secondary N) is 2. The van der Waals surface area contributed by atoms with Gasteiger partial charge in [0.15, 0.2) is 0 Å². The van der Waals surface area contributed by atoms with Crippen LogP contribution in [-0.2, 0) is 6.54 Å². The van der Waals surface area contributed by atoms with Gasteiger partial charge in [0.2, 0.25) is 0 Å². The number of carboxylic acid groups (broad SMARTS) is 1. The number of fused-ring (bicyclic) bond motifs is 1. The first-order valence-electron chi connectivity index (χ1n) is 5.60. The van der Waals surface area contributed by atoms with Crippen molar-refractivity contribution in [1.29, 1.82) is 0 Å². The van der Waals surface area contributed by atoms with Crippen LogP contribution >= 0.6 is 0 Å². The van der Waals surface area contributed by atoms with Crippen LogP contribution in [0.1, 0.15) is 28.8 Å². The second-order valence-corrected chi connectivity index (χ2v) is 3.88. The van der Waals surface area contributed by atoms with Crippen molar-refractivity contribution in [2.24, 2.45) is 0 Å². The molecule has 7 heteroatoms. The molecule has 0 amide bonds. The lowest BCUT2D eigenvalue weighted by molar-refractivity contribution is 0.0683. The summed E-state index contributed by atoms with van der Waals surface area (Å²) >= 11 is 0. The third kappa shape index (κ3) is 2.06. The maximum Gasteiger partial charge on any atom is 0.375 e. The number of aromatic carboxylic acids is 1. The lowest BCUT2D eigenvalue weighted by atomic mass is 10.0. The maximum absolute atomic E-state index is 10.8. The molecule has 1 atom stereocenters. The topological polar surface area (TPSA) is 92.1 Å². The minimum atomic E-state index is -1.10. The van der Waals surface area contributed by atoms with E-state index in [0.29, 0.717) is 12.4 Å². The first kappa shape index (κ1) is 12.2. The Kier molecular flexibility index (Phi) is 3.31. The van der Waals surface area contributed by atoms with E-state index in [1.165, 1.54) is 0 Å². The highest BCUT2D eigenvalue weighted by molar-refractivity contribution is 5.82. The molecule has 1 aliphatic rings. The highest BCUT2D eigenvalue weighted by atomic mass is 16.4. The number of carboxylic acids is 1. The number of aromatic nitrogens is 3. The van der Waals surface area contributed by atoms with E-state index in [4.69, 9.17) is 5.11 Å². The van der Waals surface area contributed by atoms with E-state index in [1.807, 2.05) is 7.05 Å². The van der Waals surface area contributed by atoms with Crippen LogP contribution in [0.2, 0.25) is 0 Å². The molecule has 0 radical (unpaired) electrons. The standard InChI is InChI=1S/C11H15N5O2/c1-3-13-6-8(12-2)7-4-5-16-10(7)14-9(15-16)11(17)18/h3,6-7,12-13H,1,4-5H2,2H3,(H,17,18)/b8-6-. The normalized spacial score (nSPS) is 18.3. The number of carbonyl (C=O) groups is 1. The van der Waals surface area contributed by atoms with Crippen LogP contribution in [0.25, 0.3) is 0 Å². The Morgan fingerprint density at radius 3 is 3.06 bits per heavy atom. The van der Waals surface area contributed by atoms with Gasteiger partial charge in [-0.25, -0.2) is 14.5 Å². The van der Waals surface area contributed by atoms with Crippen LogP contribution < -0.4 is 10.6 Å². The molecule has 0 saturated heterocycles. The molecule has 2 heterocycles. The van der Waals surface area contributed by atoms with Gasteiger partial charge in [0, 0.05) is 25.5 Å². The smallest absolute Gasteiger partial charge is 0.375 e. The predicted molar refractivity (Wildman–Crippen MR) is 64.8 cm³/mol. The SMILES string of the molecule is C=CN/C=C(\NC)C1CCn2nc(C(=O)O)nc21. The largest absolute Gasteiger partial charge is 0.475 e. The van der Waals surface area contributed by atoms with Crippen molar-refractivity contribution >= 4 is 5.97 Å². The van der Waals surface area contributed by atoms with E-state index in [2.05, 4.69) is 27.3 Å². The third-order valence-corrected chi connectivity index (χ3v) is 2.85. The average Bonchev–Trinajstić information content (AvgIpc) is 2.91. The van der Waals surface area contributed by atoms with E-state index in [9.17, 15) is 4.79 Å². The van der Waals surface area contributed by atoms with Crippen LogP contribution in [0.5, 0.6) is 0 Å². The van der Waals surface area contributed by atoms with Crippen molar-refractivity contribution in [3.8, 4) is 0 Å². The molecule has 0 aliphatic carbocycles. The fourth-order valence-electron chi connectivity index (χ4n) is 2.04. The van der Waals surface area contributed by atoms with Crippen molar-refractivity contribution in [3.63, 3.8) is 0 Å². The zero-order chi connectivity index (χ0) is 13.1. The number of aryl methyl sites for hydroxylation is 1. The molecule has 1 aromatic rings. The van der Waals surface area contributed by atoms with Gasteiger partial charge in [-0.2, -0.15) is 0 Å². The average molecular weight is 249 g/mol. The summed E-state index contributed by atoms with van der Waals surface area (Å²) in [4.78, 5) is 14.9. The molecular weight excluding hydrogens is 234 g/mol. The van der Waals surface area contributed by atoms with Gasteiger partial charge in [-0.05, 0) is 12.6 Å². The molecule has 0 saturated carbocycles. The van der Waals surface area contributed by atoms with E-state index < -0.39 is 5.97 Å². The van der Waals surface area contributed by atoms with Crippen LogP contribution in [0.15, 0.2) is 24.7 Å². The molecule has 1 unspecified atom stereocenters. The van der Waals surface area contributed by atoms with Crippen molar-refractivity contribution in [1.82, 2.24) is 25.4 Å². The fraction of sp³-hybridized carbons (Fsp3) is 0.364. The number of allylic oxidation sites excluding steroid dienone is 1.